The number of fused-ring (bicyclic) bond motifs is 1. The van der Waals surface area contributed by atoms with Gasteiger partial charge in [-0.1, -0.05) is 20.8 Å². The highest BCUT2D eigenvalue weighted by Gasteiger charge is 2.26. The predicted molar refractivity (Wildman–Crippen MR) is 129 cm³/mol. The number of aromatic nitrogens is 4. The van der Waals surface area contributed by atoms with Crippen molar-refractivity contribution in [3.63, 3.8) is 0 Å². The van der Waals surface area contributed by atoms with Gasteiger partial charge in [0.15, 0.2) is 0 Å². The Bertz CT molecular complexity index is 1120. The summed E-state index contributed by atoms with van der Waals surface area (Å²) in [7, 11) is 3.86. The number of benzene rings is 1. The quantitative estimate of drug-likeness (QED) is 0.554. The van der Waals surface area contributed by atoms with E-state index in [4.69, 9.17) is 9.72 Å². The van der Waals surface area contributed by atoms with Gasteiger partial charge in [0.1, 0.15) is 18.4 Å². The van der Waals surface area contributed by atoms with Gasteiger partial charge >= 0.3 is 0 Å². The van der Waals surface area contributed by atoms with Crippen LogP contribution in [0.4, 0.5) is 11.6 Å². The van der Waals surface area contributed by atoms with Gasteiger partial charge in [-0.05, 0) is 50.7 Å². The fourth-order valence-electron chi connectivity index (χ4n) is 4.09. The number of rotatable bonds is 6. The topological polar surface area (TPSA) is 97.2 Å². The van der Waals surface area contributed by atoms with E-state index in [1.54, 1.807) is 19.6 Å². The lowest BCUT2D eigenvalue weighted by Gasteiger charge is -2.34. The molecular formula is C24H33N7O2. The SMILES string of the molecule is COC(Nc1nccc(-n2cnc3cc(NC(=O)C(C)(C)C)ccc32)n1)C1CCCN(C)C1. The van der Waals surface area contributed by atoms with Crippen molar-refractivity contribution in [2.24, 2.45) is 11.3 Å². The van der Waals surface area contributed by atoms with Crippen LogP contribution in [0.3, 0.4) is 0 Å². The molecule has 2 N–H and O–H groups in total. The Kier molecular flexibility index (Phi) is 6.62. The van der Waals surface area contributed by atoms with Crippen LogP contribution < -0.4 is 10.6 Å². The van der Waals surface area contributed by atoms with Crippen LogP contribution in [0.25, 0.3) is 16.9 Å². The summed E-state index contributed by atoms with van der Waals surface area (Å²) in [5, 5.41) is 6.32. The van der Waals surface area contributed by atoms with Crippen molar-refractivity contribution in [1.29, 1.82) is 0 Å². The van der Waals surface area contributed by atoms with Crippen molar-refractivity contribution >= 4 is 28.6 Å². The summed E-state index contributed by atoms with van der Waals surface area (Å²) in [5.41, 5.74) is 1.92. The molecule has 1 amide bonds. The summed E-state index contributed by atoms with van der Waals surface area (Å²) in [6, 6.07) is 7.53. The summed E-state index contributed by atoms with van der Waals surface area (Å²) >= 11 is 0. The van der Waals surface area contributed by atoms with Crippen LogP contribution in [-0.4, -0.2) is 63.8 Å². The van der Waals surface area contributed by atoms with E-state index in [0.717, 1.165) is 42.7 Å². The fourth-order valence-corrected chi connectivity index (χ4v) is 4.09. The van der Waals surface area contributed by atoms with Crippen LogP contribution in [0.1, 0.15) is 33.6 Å². The van der Waals surface area contributed by atoms with E-state index in [0.29, 0.717) is 17.7 Å². The second kappa shape index (κ2) is 9.44. The molecule has 2 atom stereocenters. The molecule has 2 aromatic heterocycles. The number of nitrogens with one attached hydrogen (secondary N) is 2. The summed E-state index contributed by atoms with van der Waals surface area (Å²) < 4.78 is 7.65. The minimum Gasteiger partial charge on any atom is -0.361 e. The summed E-state index contributed by atoms with van der Waals surface area (Å²) in [5.74, 6) is 1.56. The Morgan fingerprint density at radius 1 is 1.24 bits per heavy atom. The van der Waals surface area contributed by atoms with Gasteiger partial charge in [-0.15, -0.1) is 0 Å². The number of amides is 1. The normalized spacial score (nSPS) is 18.3. The van der Waals surface area contributed by atoms with Crippen molar-refractivity contribution in [1.82, 2.24) is 24.4 Å². The van der Waals surface area contributed by atoms with Gasteiger partial charge < -0.3 is 20.3 Å². The van der Waals surface area contributed by atoms with E-state index in [2.05, 4.69) is 32.5 Å². The zero-order valence-corrected chi connectivity index (χ0v) is 20.0. The Hall–Kier alpha value is -3.04. The maximum absolute atomic E-state index is 12.3. The number of hydrogen-bond donors (Lipinski definition) is 2. The molecule has 0 saturated carbocycles. The van der Waals surface area contributed by atoms with Gasteiger partial charge in [0, 0.05) is 36.9 Å². The number of anilines is 2. The van der Waals surface area contributed by atoms with Crippen molar-refractivity contribution < 1.29 is 9.53 Å². The molecular weight excluding hydrogens is 418 g/mol. The van der Waals surface area contributed by atoms with Crippen molar-refractivity contribution in [3.05, 3.63) is 36.8 Å². The first-order valence-corrected chi connectivity index (χ1v) is 11.3. The Labute approximate surface area is 194 Å². The highest BCUT2D eigenvalue weighted by atomic mass is 16.5. The maximum atomic E-state index is 12.3. The molecule has 3 heterocycles. The van der Waals surface area contributed by atoms with E-state index in [1.165, 1.54) is 0 Å². The molecule has 3 aromatic rings. The van der Waals surface area contributed by atoms with E-state index < -0.39 is 5.41 Å². The van der Waals surface area contributed by atoms with Crippen LogP contribution in [-0.2, 0) is 9.53 Å². The number of hydrogen-bond acceptors (Lipinski definition) is 7. The van der Waals surface area contributed by atoms with E-state index >= 15 is 0 Å². The van der Waals surface area contributed by atoms with Crippen LogP contribution in [0.15, 0.2) is 36.8 Å². The van der Waals surface area contributed by atoms with Crippen LogP contribution in [0.5, 0.6) is 0 Å². The minimum atomic E-state index is -0.466. The molecule has 9 nitrogen and oxygen atoms in total. The molecule has 9 heteroatoms. The molecule has 1 aromatic carbocycles. The lowest BCUT2D eigenvalue weighted by atomic mass is 9.95. The monoisotopic (exact) mass is 451 g/mol. The van der Waals surface area contributed by atoms with Gasteiger partial charge in [0.05, 0.1) is 11.0 Å². The average Bonchev–Trinajstić information content (AvgIpc) is 3.20. The van der Waals surface area contributed by atoms with Gasteiger partial charge in [-0.3, -0.25) is 9.36 Å². The number of imidazole rings is 1. The first kappa shape index (κ1) is 23.1. The highest BCUT2D eigenvalue weighted by Crippen LogP contribution is 2.24. The van der Waals surface area contributed by atoms with Crippen molar-refractivity contribution in [3.8, 4) is 5.82 Å². The first-order chi connectivity index (χ1) is 15.7. The number of methoxy groups -OCH3 is 1. The second-order valence-corrected chi connectivity index (χ2v) is 9.73. The van der Waals surface area contributed by atoms with Crippen molar-refractivity contribution in [2.75, 3.05) is 37.9 Å². The third kappa shape index (κ3) is 5.31. The summed E-state index contributed by atoms with van der Waals surface area (Å²) in [4.78, 5) is 28.3. The van der Waals surface area contributed by atoms with E-state index in [-0.39, 0.29) is 12.1 Å². The number of piperidine rings is 1. The second-order valence-electron chi connectivity index (χ2n) is 9.73. The lowest BCUT2D eigenvalue weighted by molar-refractivity contribution is -0.123. The molecule has 0 spiro atoms. The van der Waals surface area contributed by atoms with E-state index in [9.17, 15) is 4.79 Å². The zero-order valence-electron chi connectivity index (χ0n) is 20.0. The highest BCUT2D eigenvalue weighted by molar-refractivity contribution is 5.96. The number of likely N-dealkylation sites (tertiary alicyclic amines) is 1. The molecule has 4 rings (SSSR count). The first-order valence-electron chi connectivity index (χ1n) is 11.3. The Morgan fingerprint density at radius 3 is 2.79 bits per heavy atom. The molecule has 0 aliphatic carbocycles. The largest absolute Gasteiger partial charge is 0.361 e. The molecule has 33 heavy (non-hydrogen) atoms. The van der Waals surface area contributed by atoms with Gasteiger partial charge in [-0.25, -0.2) is 9.97 Å². The van der Waals surface area contributed by atoms with Gasteiger partial charge in [0.25, 0.3) is 0 Å². The standard InChI is InChI=1S/C24H33N7O2/c1-24(2,3)22(32)27-17-8-9-19-18(13-17)26-15-31(19)20-10-11-25-23(28-20)29-21(33-5)16-7-6-12-30(4)14-16/h8-11,13,15-16,21H,6-7,12,14H2,1-5H3,(H,27,32)(H,25,28,29). The summed E-state index contributed by atoms with van der Waals surface area (Å²) in [6.45, 7) is 7.75. The number of carbonyl (C=O) groups is 1. The average molecular weight is 452 g/mol. The molecule has 1 fully saturated rings. The number of carbonyl (C=O) groups excluding carboxylic acids is 1. The number of nitrogens with zero attached hydrogens (tertiary/aromatic N) is 5. The van der Waals surface area contributed by atoms with Crippen molar-refractivity contribution in [2.45, 2.75) is 39.8 Å². The fraction of sp³-hybridized carbons (Fsp3) is 0.500. The Balaban J connectivity index is 1.54. The molecule has 0 bridgehead atoms. The lowest BCUT2D eigenvalue weighted by Crippen LogP contribution is -2.42. The summed E-state index contributed by atoms with van der Waals surface area (Å²) in [6.07, 6.45) is 5.57. The van der Waals surface area contributed by atoms with E-state index in [1.807, 2.05) is 49.6 Å². The molecule has 2 unspecified atom stereocenters. The molecule has 1 saturated heterocycles. The smallest absolute Gasteiger partial charge is 0.229 e. The number of ether oxygens (including phenoxy) is 1. The van der Waals surface area contributed by atoms with Crippen LogP contribution in [0.2, 0.25) is 0 Å². The maximum Gasteiger partial charge on any atom is 0.229 e. The third-order valence-electron chi connectivity index (χ3n) is 5.99. The Morgan fingerprint density at radius 2 is 2.06 bits per heavy atom. The minimum absolute atomic E-state index is 0.0374. The van der Waals surface area contributed by atoms with Crippen LogP contribution in [0, 0.1) is 11.3 Å². The molecule has 1 aliphatic heterocycles. The predicted octanol–water partition coefficient (Wildman–Crippen LogP) is 3.53. The van der Waals surface area contributed by atoms with Crippen LogP contribution >= 0.6 is 0 Å². The van der Waals surface area contributed by atoms with Gasteiger partial charge in [0.2, 0.25) is 11.9 Å². The molecule has 1 aliphatic rings. The third-order valence-corrected chi connectivity index (χ3v) is 5.99. The molecule has 176 valence electrons. The van der Waals surface area contributed by atoms with Gasteiger partial charge in [-0.2, -0.15) is 4.98 Å². The zero-order chi connectivity index (χ0) is 23.6. The molecule has 0 radical (unpaired) electrons.